The number of ketones is 1. The number of hydrogen-bond acceptors (Lipinski definition) is 7. The van der Waals surface area contributed by atoms with Gasteiger partial charge in [0.2, 0.25) is 14.7 Å². The average molecular weight is 510 g/mol. The van der Waals surface area contributed by atoms with Crippen LogP contribution in [0.15, 0.2) is 99.9 Å². The predicted molar refractivity (Wildman–Crippen MR) is 138 cm³/mol. The normalized spacial score (nSPS) is 11.7. The lowest BCUT2D eigenvalue weighted by molar-refractivity contribution is 0.0514. The molecule has 0 N–H and O–H groups in total. The van der Waals surface area contributed by atoms with Crippen LogP contribution in [0.2, 0.25) is 0 Å². The van der Waals surface area contributed by atoms with Crippen molar-refractivity contribution in [1.29, 1.82) is 0 Å². The second-order valence-electron chi connectivity index (χ2n) is 7.80. The Kier molecular flexibility index (Phi) is 9.81. The minimum atomic E-state index is -3.64. The highest BCUT2D eigenvalue weighted by molar-refractivity contribution is 8.72. The molecule has 6 nitrogen and oxygen atoms in total. The molecule has 0 amide bonds. The maximum atomic E-state index is 13.1. The van der Waals surface area contributed by atoms with Crippen LogP contribution < -0.4 is 0 Å². The van der Waals surface area contributed by atoms with E-state index in [2.05, 4.69) is 12.1 Å². The van der Waals surface area contributed by atoms with Gasteiger partial charge in [0, 0.05) is 21.3 Å². The summed E-state index contributed by atoms with van der Waals surface area (Å²) in [6.45, 7) is 2.09. The van der Waals surface area contributed by atoms with Gasteiger partial charge in [0.1, 0.15) is 5.71 Å². The first-order valence-electron chi connectivity index (χ1n) is 11.4. The Bertz CT molecular complexity index is 1260. The zero-order chi connectivity index (χ0) is 25.1. The summed E-state index contributed by atoms with van der Waals surface area (Å²) >= 11 is 0. The Balaban J connectivity index is 1.76. The van der Waals surface area contributed by atoms with E-state index in [0.717, 1.165) is 36.5 Å². The fourth-order valence-electron chi connectivity index (χ4n) is 3.23. The van der Waals surface area contributed by atoms with Crippen LogP contribution in [-0.4, -0.2) is 25.9 Å². The highest BCUT2D eigenvalue weighted by Crippen LogP contribution is 2.30. The quantitative estimate of drug-likeness (QED) is 0.0688. The number of hydrogen-bond donors (Lipinski definition) is 0. The topological polar surface area (TPSA) is 89.9 Å². The first-order chi connectivity index (χ1) is 16.9. The van der Waals surface area contributed by atoms with Crippen molar-refractivity contribution in [2.75, 3.05) is 0 Å². The molecular formula is C27H27NO5S2. The summed E-state index contributed by atoms with van der Waals surface area (Å²) < 4.78 is 25.5. The molecule has 8 heteroatoms. The van der Waals surface area contributed by atoms with E-state index in [-0.39, 0.29) is 16.2 Å². The van der Waals surface area contributed by atoms with Gasteiger partial charge in [-0.15, -0.1) is 0 Å². The van der Waals surface area contributed by atoms with Gasteiger partial charge >= 0.3 is 5.97 Å². The van der Waals surface area contributed by atoms with Crippen molar-refractivity contribution in [3.05, 3.63) is 96.1 Å². The number of oxime groups is 1. The third kappa shape index (κ3) is 7.90. The Morgan fingerprint density at radius 3 is 2.06 bits per heavy atom. The third-order valence-corrected chi connectivity index (χ3v) is 8.48. The van der Waals surface area contributed by atoms with Crippen LogP contribution in [0.1, 0.15) is 59.7 Å². The number of carbonyl (C=O) groups is 2. The van der Waals surface area contributed by atoms with E-state index < -0.39 is 20.6 Å². The molecule has 0 aliphatic rings. The lowest BCUT2D eigenvalue weighted by atomic mass is 10.0. The molecule has 0 atom stereocenters. The van der Waals surface area contributed by atoms with Gasteiger partial charge in [-0.25, -0.2) is 13.2 Å². The van der Waals surface area contributed by atoms with E-state index in [0.29, 0.717) is 16.9 Å². The van der Waals surface area contributed by atoms with E-state index in [1.165, 1.54) is 24.3 Å². The summed E-state index contributed by atoms with van der Waals surface area (Å²) in [6.07, 6.45) is 4.06. The molecule has 3 aromatic carbocycles. The van der Waals surface area contributed by atoms with E-state index in [1.54, 1.807) is 54.6 Å². The van der Waals surface area contributed by atoms with Crippen LogP contribution in [0.5, 0.6) is 0 Å². The fraction of sp³-hybridized carbons (Fsp3) is 0.222. The van der Waals surface area contributed by atoms with Crippen molar-refractivity contribution in [2.45, 2.75) is 48.8 Å². The number of carbonyl (C=O) groups excluding carboxylic acids is 2. The molecule has 0 radical (unpaired) electrons. The highest BCUT2D eigenvalue weighted by atomic mass is 33.1. The van der Waals surface area contributed by atoms with Crippen molar-refractivity contribution < 1.29 is 22.8 Å². The Morgan fingerprint density at radius 2 is 1.43 bits per heavy atom. The molecule has 3 aromatic rings. The molecule has 0 aliphatic carbocycles. The van der Waals surface area contributed by atoms with Crippen LogP contribution >= 0.6 is 10.8 Å². The van der Waals surface area contributed by atoms with Crippen LogP contribution in [0.4, 0.5) is 0 Å². The number of rotatable bonds is 12. The largest absolute Gasteiger partial charge is 0.365 e. The van der Waals surface area contributed by atoms with Crippen molar-refractivity contribution >= 4 is 37.1 Å². The van der Waals surface area contributed by atoms with Crippen molar-refractivity contribution in [1.82, 2.24) is 0 Å². The molecule has 0 saturated carbocycles. The van der Waals surface area contributed by atoms with Gasteiger partial charge in [0.15, 0.2) is 0 Å². The number of Topliss-reactive ketones (excluding diaryl/α,β-unsaturated/α-hetero) is 1. The van der Waals surface area contributed by atoms with Gasteiger partial charge in [-0.3, -0.25) is 4.79 Å². The minimum Gasteiger partial charge on any atom is -0.312 e. The summed E-state index contributed by atoms with van der Waals surface area (Å²) in [6, 6.07) is 22.9. The fourth-order valence-corrected chi connectivity index (χ4v) is 6.04. The molecule has 0 heterocycles. The van der Waals surface area contributed by atoms with E-state index in [1.807, 2.05) is 6.07 Å². The van der Waals surface area contributed by atoms with Crippen LogP contribution in [-0.2, 0) is 13.7 Å². The summed E-state index contributed by atoms with van der Waals surface area (Å²) in [5.41, 5.74) is 0.734. The SMILES string of the molecule is CCCCCCC(=NOC(=O)c1ccccc1)C(=O)c1ccc(S(=O)(=O)Sc2ccccc2)cc1. The van der Waals surface area contributed by atoms with E-state index >= 15 is 0 Å². The van der Waals surface area contributed by atoms with Crippen LogP contribution in [0, 0.1) is 0 Å². The molecule has 3 rings (SSSR count). The van der Waals surface area contributed by atoms with E-state index in [9.17, 15) is 18.0 Å². The zero-order valence-electron chi connectivity index (χ0n) is 19.4. The van der Waals surface area contributed by atoms with Gasteiger partial charge in [0.05, 0.1) is 10.5 Å². The number of unbranched alkanes of at least 4 members (excludes halogenated alkanes) is 3. The smallest absolute Gasteiger partial charge is 0.312 e. The Hall–Kier alpha value is -3.23. The van der Waals surface area contributed by atoms with Gasteiger partial charge in [-0.1, -0.05) is 67.7 Å². The molecule has 0 unspecified atom stereocenters. The molecule has 182 valence electrons. The molecule has 0 saturated heterocycles. The van der Waals surface area contributed by atoms with Crippen LogP contribution in [0.25, 0.3) is 0 Å². The van der Waals surface area contributed by atoms with Crippen molar-refractivity contribution in [2.24, 2.45) is 5.16 Å². The number of nitrogens with zero attached hydrogens (tertiary/aromatic N) is 1. The lowest BCUT2D eigenvalue weighted by Crippen LogP contribution is -2.16. The lowest BCUT2D eigenvalue weighted by Gasteiger charge is -2.08. The summed E-state index contributed by atoms with van der Waals surface area (Å²) in [5.74, 6) is -1.05. The third-order valence-electron chi connectivity index (χ3n) is 5.13. The predicted octanol–water partition coefficient (Wildman–Crippen LogP) is 6.53. The van der Waals surface area contributed by atoms with Crippen molar-refractivity contribution in [3.63, 3.8) is 0 Å². The summed E-state index contributed by atoms with van der Waals surface area (Å²) in [7, 11) is -2.89. The van der Waals surface area contributed by atoms with Gasteiger partial charge in [0.25, 0.3) is 0 Å². The van der Waals surface area contributed by atoms with E-state index in [4.69, 9.17) is 4.84 Å². The maximum Gasteiger partial charge on any atom is 0.365 e. The van der Waals surface area contributed by atoms with Gasteiger partial charge in [-0.05, 0) is 61.4 Å². The molecule has 0 aliphatic heterocycles. The molecule has 0 aromatic heterocycles. The van der Waals surface area contributed by atoms with Crippen LogP contribution in [0.3, 0.4) is 0 Å². The molecule has 0 fully saturated rings. The van der Waals surface area contributed by atoms with Crippen molar-refractivity contribution in [3.8, 4) is 0 Å². The molecular weight excluding hydrogens is 482 g/mol. The minimum absolute atomic E-state index is 0.0971. The first kappa shape index (κ1) is 26.4. The number of benzene rings is 3. The summed E-state index contributed by atoms with van der Waals surface area (Å²) in [4.78, 5) is 31.2. The highest BCUT2D eigenvalue weighted by Gasteiger charge is 2.20. The summed E-state index contributed by atoms with van der Waals surface area (Å²) in [5, 5.41) is 3.90. The first-order valence-corrected chi connectivity index (χ1v) is 14.2. The molecule has 0 spiro atoms. The second kappa shape index (κ2) is 13.0. The van der Waals surface area contributed by atoms with Gasteiger partial charge < -0.3 is 4.84 Å². The Morgan fingerprint density at radius 1 is 0.800 bits per heavy atom. The zero-order valence-corrected chi connectivity index (χ0v) is 21.1. The monoisotopic (exact) mass is 509 g/mol. The second-order valence-corrected chi connectivity index (χ2v) is 11.6. The Labute approximate surface area is 209 Å². The maximum absolute atomic E-state index is 13.1. The molecule has 0 bridgehead atoms. The average Bonchev–Trinajstić information content (AvgIpc) is 2.88. The molecule has 35 heavy (non-hydrogen) atoms. The standard InChI is InChI=1S/C27H27NO5S2/c1-2-3-4-11-16-25(28-33-27(30)22-12-7-5-8-13-22)26(29)21-17-19-24(20-18-21)35(31,32)34-23-14-9-6-10-15-23/h5-10,12-15,17-20H,2-4,11,16H2,1H3. The van der Waals surface area contributed by atoms with Gasteiger partial charge in [-0.2, -0.15) is 0 Å².